The molecule has 6 heteroatoms. The van der Waals surface area contributed by atoms with Crippen LogP contribution in [0, 0.1) is 6.92 Å². The molecule has 0 unspecified atom stereocenters. The van der Waals surface area contributed by atoms with Crippen LogP contribution in [0.25, 0.3) is 0 Å². The Hall–Kier alpha value is -2.11. The van der Waals surface area contributed by atoms with Crippen molar-refractivity contribution >= 4 is 11.9 Å². The van der Waals surface area contributed by atoms with E-state index in [-0.39, 0.29) is 5.91 Å². The number of rotatable bonds is 2. The molecule has 2 rings (SSSR count). The Balaban J connectivity index is 2.10. The van der Waals surface area contributed by atoms with Crippen LogP contribution < -0.4 is 5.32 Å². The lowest BCUT2D eigenvalue weighted by Crippen LogP contribution is -2.11. The molecule has 0 radical (unpaired) electrons. The lowest BCUT2D eigenvalue weighted by atomic mass is 10.3. The van der Waals surface area contributed by atoms with Crippen molar-refractivity contribution in [3.8, 4) is 0 Å². The Morgan fingerprint density at radius 3 is 3.07 bits per heavy atom. The number of hydrogen-bond donors (Lipinski definition) is 2. The molecule has 1 amide bonds. The van der Waals surface area contributed by atoms with Gasteiger partial charge in [-0.3, -0.25) is 10.1 Å². The number of anilines is 1. The summed E-state index contributed by atoms with van der Waals surface area (Å²) >= 11 is 0. The fourth-order valence-electron chi connectivity index (χ4n) is 1.01. The molecule has 0 spiro atoms. The number of nitrogens with zero attached hydrogens (tertiary/aromatic N) is 2. The molecule has 6 nitrogen and oxygen atoms in total. The molecule has 0 atom stereocenters. The van der Waals surface area contributed by atoms with Crippen LogP contribution in [0.4, 0.5) is 5.95 Å². The number of aryl methyl sites for hydroxylation is 1. The smallest absolute Gasteiger partial charge is 0.261 e. The number of carbonyl (C=O) groups excluding carboxylic acids is 1. The molecular formula is C8H8N4O2. The topological polar surface area (TPSA) is 83.8 Å². The van der Waals surface area contributed by atoms with Gasteiger partial charge in [-0.05, 0) is 13.0 Å². The van der Waals surface area contributed by atoms with E-state index in [0.717, 1.165) is 0 Å². The fraction of sp³-hybridized carbons (Fsp3) is 0.125. The van der Waals surface area contributed by atoms with Crippen LogP contribution in [0.1, 0.15) is 16.1 Å². The highest BCUT2D eigenvalue weighted by Crippen LogP contribution is 2.07. The van der Waals surface area contributed by atoms with Gasteiger partial charge in [0, 0.05) is 0 Å². The van der Waals surface area contributed by atoms with E-state index in [1.165, 1.54) is 12.6 Å². The summed E-state index contributed by atoms with van der Waals surface area (Å²) in [5.74, 6) is 0.722. The maximum atomic E-state index is 11.5. The molecule has 2 N–H and O–H groups in total. The van der Waals surface area contributed by atoms with Gasteiger partial charge in [0.1, 0.15) is 18.4 Å². The van der Waals surface area contributed by atoms with Gasteiger partial charge in [0.15, 0.2) is 0 Å². The van der Waals surface area contributed by atoms with Crippen molar-refractivity contribution in [2.24, 2.45) is 0 Å². The number of amides is 1. The van der Waals surface area contributed by atoms with E-state index < -0.39 is 0 Å². The predicted molar refractivity (Wildman–Crippen MR) is 47.8 cm³/mol. The molecule has 0 fully saturated rings. The number of furan rings is 1. The van der Waals surface area contributed by atoms with Crippen molar-refractivity contribution in [3.63, 3.8) is 0 Å². The Labute approximate surface area is 79.3 Å². The molecule has 2 aromatic heterocycles. The van der Waals surface area contributed by atoms with Crippen LogP contribution >= 0.6 is 0 Å². The van der Waals surface area contributed by atoms with Gasteiger partial charge < -0.3 is 4.42 Å². The molecule has 0 aromatic carbocycles. The summed E-state index contributed by atoms with van der Waals surface area (Å²) in [4.78, 5) is 15.2. The first-order valence-corrected chi connectivity index (χ1v) is 3.97. The highest BCUT2D eigenvalue weighted by atomic mass is 16.3. The number of H-pyrrole nitrogens is 1. The number of nitrogens with one attached hydrogen (secondary N) is 2. The Bertz CT molecular complexity index is 432. The Morgan fingerprint density at radius 1 is 1.64 bits per heavy atom. The SMILES string of the molecule is Cc1cc(C(=O)Nc2ncn[nH]2)co1. The van der Waals surface area contributed by atoms with Crippen molar-refractivity contribution in [2.45, 2.75) is 6.92 Å². The van der Waals surface area contributed by atoms with E-state index in [1.807, 2.05) is 0 Å². The normalized spacial score (nSPS) is 10.1. The minimum atomic E-state index is -0.279. The van der Waals surface area contributed by atoms with Crippen molar-refractivity contribution in [3.05, 3.63) is 30.0 Å². The number of aromatic nitrogens is 3. The summed E-state index contributed by atoms with van der Waals surface area (Å²) in [6, 6.07) is 1.64. The van der Waals surface area contributed by atoms with Crippen LogP contribution in [0.15, 0.2) is 23.1 Å². The molecule has 2 heterocycles. The summed E-state index contributed by atoms with van der Waals surface area (Å²) in [5.41, 5.74) is 0.457. The zero-order valence-corrected chi connectivity index (χ0v) is 7.44. The third-order valence-corrected chi connectivity index (χ3v) is 1.64. The van der Waals surface area contributed by atoms with Gasteiger partial charge in [-0.15, -0.1) is 0 Å². The van der Waals surface area contributed by atoms with Crippen LogP contribution in [-0.2, 0) is 0 Å². The van der Waals surface area contributed by atoms with Gasteiger partial charge in [-0.25, -0.2) is 5.10 Å². The van der Waals surface area contributed by atoms with Gasteiger partial charge in [0.2, 0.25) is 5.95 Å². The van der Waals surface area contributed by atoms with Crippen molar-refractivity contribution in [1.82, 2.24) is 15.2 Å². The van der Waals surface area contributed by atoms with E-state index in [4.69, 9.17) is 4.42 Å². The molecule has 0 saturated carbocycles. The van der Waals surface area contributed by atoms with Gasteiger partial charge in [-0.2, -0.15) is 10.1 Å². The summed E-state index contributed by atoms with van der Waals surface area (Å²) in [7, 11) is 0. The molecule has 2 aromatic rings. The second-order valence-corrected chi connectivity index (χ2v) is 2.73. The van der Waals surface area contributed by atoms with Gasteiger partial charge >= 0.3 is 0 Å². The molecule has 0 aliphatic rings. The first-order valence-electron chi connectivity index (χ1n) is 3.97. The van der Waals surface area contributed by atoms with E-state index in [1.54, 1.807) is 13.0 Å². The van der Waals surface area contributed by atoms with Crippen molar-refractivity contribution in [2.75, 3.05) is 5.32 Å². The molecular weight excluding hydrogens is 184 g/mol. The Kier molecular flexibility index (Phi) is 2.02. The van der Waals surface area contributed by atoms with Crippen LogP contribution in [0.2, 0.25) is 0 Å². The maximum absolute atomic E-state index is 11.5. The minimum Gasteiger partial charge on any atom is -0.469 e. The molecule has 0 saturated heterocycles. The highest BCUT2D eigenvalue weighted by molar-refractivity contribution is 6.03. The number of aromatic amines is 1. The van der Waals surface area contributed by atoms with E-state index in [2.05, 4.69) is 20.5 Å². The average Bonchev–Trinajstić information content (AvgIpc) is 2.75. The lowest BCUT2D eigenvalue weighted by Gasteiger charge is -1.96. The van der Waals surface area contributed by atoms with E-state index in [0.29, 0.717) is 17.3 Å². The van der Waals surface area contributed by atoms with Crippen molar-refractivity contribution in [1.29, 1.82) is 0 Å². The monoisotopic (exact) mass is 192 g/mol. The van der Waals surface area contributed by atoms with Gasteiger partial charge in [0.25, 0.3) is 5.91 Å². The molecule has 0 bridgehead atoms. The lowest BCUT2D eigenvalue weighted by molar-refractivity contribution is 0.102. The molecule has 0 aliphatic heterocycles. The molecule has 0 aliphatic carbocycles. The second-order valence-electron chi connectivity index (χ2n) is 2.73. The summed E-state index contributed by atoms with van der Waals surface area (Å²) in [6.45, 7) is 1.77. The van der Waals surface area contributed by atoms with Crippen LogP contribution in [0.3, 0.4) is 0 Å². The van der Waals surface area contributed by atoms with Gasteiger partial charge in [-0.1, -0.05) is 0 Å². The largest absolute Gasteiger partial charge is 0.469 e. The zero-order valence-electron chi connectivity index (χ0n) is 7.44. The highest BCUT2D eigenvalue weighted by Gasteiger charge is 2.09. The maximum Gasteiger partial charge on any atom is 0.261 e. The number of hydrogen-bond acceptors (Lipinski definition) is 4. The first-order chi connectivity index (χ1) is 6.75. The second kappa shape index (κ2) is 3.33. The third-order valence-electron chi connectivity index (χ3n) is 1.64. The van der Waals surface area contributed by atoms with E-state index in [9.17, 15) is 4.79 Å². The quantitative estimate of drug-likeness (QED) is 0.742. The molecule has 14 heavy (non-hydrogen) atoms. The average molecular weight is 192 g/mol. The summed E-state index contributed by atoms with van der Waals surface area (Å²) in [6.07, 6.45) is 2.71. The summed E-state index contributed by atoms with van der Waals surface area (Å²) in [5, 5.41) is 8.64. The van der Waals surface area contributed by atoms with E-state index >= 15 is 0 Å². The molecule has 72 valence electrons. The third kappa shape index (κ3) is 1.63. The first kappa shape index (κ1) is 8.49. The Morgan fingerprint density at radius 2 is 2.50 bits per heavy atom. The standard InChI is InChI=1S/C8H8N4O2/c1-5-2-6(3-14-5)7(13)11-8-9-4-10-12-8/h2-4H,1H3,(H2,9,10,11,12,13). The summed E-state index contributed by atoms with van der Waals surface area (Å²) < 4.78 is 5.00. The van der Waals surface area contributed by atoms with Crippen molar-refractivity contribution < 1.29 is 9.21 Å². The zero-order chi connectivity index (χ0) is 9.97. The fourth-order valence-corrected chi connectivity index (χ4v) is 1.01. The van der Waals surface area contributed by atoms with Crippen LogP contribution in [-0.4, -0.2) is 21.1 Å². The number of carbonyl (C=O) groups is 1. The van der Waals surface area contributed by atoms with Crippen LogP contribution in [0.5, 0.6) is 0 Å². The predicted octanol–water partition coefficient (Wildman–Crippen LogP) is 0.958. The van der Waals surface area contributed by atoms with Gasteiger partial charge in [0.05, 0.1) is 5.56 Å². The minimum absolute atomic E-state index is 0.279.